The molecule has 0 aromatic carbocycles. The Hall–Kier alpha value is -2.06. The molecule has 1 fully saturated rings. The molecule has 8 heteroatoms. The van der Waals surface area contributed by atoms with E-state index >= 15 is 0 Å². The Kier molecular flexibility index (Phi) is 3.73. The first-order valence-electron chi connectivity index (χ1n) is 8.16. The molecule has 3 aromatic rings. The van der Waals surface area contributed by atoms with Gasteiger partial charge >= 0.3 is 0 Å². The quantitative estimate of drug-likeness (QED) is 0.781. The fourth-order valence-electron chi connectivity index (χ4n) is 3.35. The van der Waals surface area contributed by atoms with Crippen molar-refractivity contribution in [1.82, 2.24) is 24.7 Å². The molecule has 3 aromatic heterocycles. The lowest BCUT2D eigenvalue weighted by Gasteiger charge is -2.38. The number of aromatic nitrogens is 5. The Morgan fingerprint density at radius 3 is 2.67 bits per heavy atom. The lowest BCUT2D eigenvalue weighted by Crippen LogP contribution is -2.44. The van der Waals surface area contributed by atoms with Crippen LogP contribution in [0.2, 0.25) is 0 Å². The average molecular weight is 344 g/mol. The maximum absolute atomic E-state index is 11.0. The van der Waals surface area contributed by atoms with E-state index < -0.39 is 5.60 Å². The molecule has 4 rings (SSSR count). The van der Waals surface area contributed by atoms with Crippen molar-refractivity contribution in [2.45, 2.75) is 31.8 Å². The molecule has 1 aliphatic rings. The highest BCUT2D eigenvalue weighted by Crippen LogP contribution is 2.36. The van der Waals surface area contributed by atoms with Gasteiger partial charge in [0.2, 0.25) is 0 Å². The summed E-state index contributed by atoms with van der Waals surface area (Å²) in [6.07, 6.45) is 5.35. The van der Waals surface area contributed by atoms with E-state index in [4.69, 9.17) is 0 Å². The van der Waals surface area contributed by atoms with Gasteiger partial charge in [-0.25, -0.2) is 15.0 Å². The van der Waals surface area contributed by atoms with Gasteiger partial charge in [-0.2, -0.15) is 5.10 Å². The molecule has 1 saturated heterocycles. The van der Waals surface area contributed by atoms with Gasteiger partial charge in [0.15, 0.2) is 5.82 Å². The second-order valence-electron chi connectivity index (χ2n) is 6.21. The number of fused-ring (bicyclic) bond motifs is 1. The summed E-state index contributed by atoms with van der Waals surface area (Å²) in [5.74, 6) is 1.61. The van der Waals surface area contributed by atoms with Gasteiger partial charge in [0.05, 0.1) is 5.39 Å². The van der Waals surface area contributed by atoms with Crippen LogP contribution in [0.5, 0.6) is 0 Å². The van der Waals surface area contributed by atoms with Crippen molar-refractivity contribution in [3.8, 4) is 0 Å². The van der Waals surface area contributed by atoms with E-state index in [0.29, 0.717) is 18.7 Å². The van der Waals surface area contributed by atoms with E-state index in [2.05, 4.69) is 37.9 Å². The summed E-state index contributed by atoms with van der Waals surface area (Å²) in [6, 6.07) is 2.19. The third-order valence-electron chi connectivity index (χ3n) is 4.73. The van der Waals surface area contributed by atoms with E-state index in [1.165, 1.54) is 11.2 Å². The first kappa shape index (κ1) is 15.5. The second kappa shape index (κ2) is 5.78. The first-order valence-corrected chi connectivity index (χ1v) is 8.97. The predicted molar refractivity (Wildman–Crippen MR) is 93.1 cm³/mol. The molecule has 1 N–H and O–H groups in total. The molecule has 126 valence electrons. The SMILES string of the molecule is CCc1cc2c(N3CCC(O)(c4ncnn4C)CC3)ncnc2s1. The van der Waals surface area contributed by atoms with Crippen molar-refractivity contribution in [2.75, 3.05) is 18.0 Å². The van der Waals surface area contributed by atoms with Crippen LogP contribution in [0.4, 0.5) is 5.82 Å². The maximum atomic E-state index is 11.0. The van der Waals surface area contributed by atoms with E-state index in [0.717, 1.165) is 35.5 Å². The zero-order valence-corrected chi connectivity index (χ0v) is 14.6. The molecular weight excluding hydrogens is 324 g/mol. The fourth-order valence-corrected chi connectivity index (χ4v) is 4.28. The van der Waals surface area contributed by atoms with Gasteiger partial charge in [-0.1, -0.05) is 6.92 Å². The third kappa shape index (κ3) is 2.46. The molecule has 0 spiro atoms. The average Bonchev–Trinajstić information content (AvgIpc) is 3.21. The minimum absolute atomic E-state index is 0.607. The zero-order valence-electron chi connectivity index (χ0n) is 13.8. The highest BCUT2D eigenvalue weighted by atomic mass is 32.1. The van der Waals surface area contributed by atoms with Crippen molar-refractivity contribution < 1.29 is 5.11 Å². The van der Waals surface area contributed by atoms with Crippen molar-refractivity contribution in [3.63, 3.8) is 0 Å². The van der Waals surface area contributed by atoms with Crippen LogP contribution in [0, 0.1) is 0 Å². The number of aliphatic hydroxyl groups is 1. The molecule has 0 radical (unpaired) electrons. The van der Waals surface area contributed by atoms with Crippen molar-refractivity contribution >= 4 is 27.4 Å². The van der Waals surface area contributed by atoms with Crippen molar-refractivity contribution in [3.05, 3.63) is 29.4 Å². The minimum Gasteiger partial charge on any atom is -0.382 e. The largest absolute Gasteiger partial charge is 0.382 e. The third-order valence-corrected chi connectivity index (χ3v) is 5.91. The smallest absolute Gasteiger partial charge is 0.158 e. The molecule has 0 atom stereocenters. The van der Waals surface area contributed by atoms with E-state index in [9.17, 15) is 5.11 Å². The Bertz CT molecular complexity index is 864. The number of aryl methyl sites for hydroxylation is 2. The van der Waals surface area contributed by atoms with E-state index in [-0.39, 0.29) is 0 Å². The summed E-state index contributed by atoms with van der Waals surface area (Å²) in [7, 11) is 1.82. The van der Waals surface area contributed by atoms with Crippen LogP contribution in [-0.4, -0.2) is 42.9 Å². The van der Waals surface area contributed by atoms with Gasteiger partial charge in [0, 0.05) is 37.9 Å². The maximum Gasteiger partial charge on any atom is 0.158 e. The Balaban J connectivity index is 1.60. The second-order valence-corrected chi connectivity index (χ2v) is 7.32. The standard InChI is InChI=1S/C16H20N6OS/c1-3-11-8-12-13(17-9-18-14(12)24-11)22-6-4-16(23,5-7-22)15-19-10-20-21(15)2/h8-10,23H,3-7H2,1-2H3. The van der Waals surface area contributed by atoms with Crippen LogP contribution in [0.25, 0.3) is 10.2 Å². The summed E-state index contributed by atoms with van der Waals surface area (Å²) < 4.78 is 1.66. The van der Waals surface area contributed by atoms with E-state index in [1.807, 2.05) is 7.05 Å². The molecule has 0 amide bonds. The van der Waals surface area contributed by atoms with Gasteiger partial charge in [-0.15, -0.1) is 11.3 Å². The van der Waals surface area contributed by atoms with Crippen molar-refractivity contribution in [2.24, 2.45) is 7.05 Å². The Morgan fingerprint density at radius 2 is 2.00 bits per heavy atom. The summed E-state index contributed by atoms with van der Waals surface area (Å²) >= 11 is 1.73. The Morgan fingerprint density at radius 1 is 1.21 bits per heavy atom. The normalized spacial score (nSPS) is 17.5. The van der Waals surface area contributed by atoms with Gasteiger partial charge in [0.25, 0.3) is 0 Å². The van der Waals surface area contributed by atoms with E-state index in [1.54, 1.807) is 22.3 Å². The number of hydrogen-bond acceptors (Lipinski definition) is 7. The lowest BCUT2D eigenvalue weighted by molar-refractivity contribution is -0.000136. The summed E-state index contributed by atoms with van der Waals surface area (Å²) in [6.45, 7) is 3.61. The van der Waals surface area contributed by atoms with Crippen LogP contribution in [-0.2, 0) is 19.1 Å². The van der Waals surface area contributed by atoms with Crippen LogP contribution >= 0.6 is 11.3 Å². The molecule has 1 aliphatic heterocycles. The number of hydrogen-bond donors (Lipinski definition) is 1. The van der Waals surface area contributed by atoms with Gasteiger partial charge < -0.3 is 10.0 Å². The molecule has 7 nitrogen and oxygen atoms in total. The number of piperidine rings is 1. The molecule has 0 aliphatic carbocycles. The molecule has 24 heavy (non-hydrogen) atoms. The first-order chi connectivity index (χ1) is 11.6. The van der Waals surface area contributed by atoms with Crippen LogP contribution in [0.15, 0.2) is 18.7 Å². The van der Waals surface area contributed by atoms with Crippen LogP contribution in [0.3, 0.4) is 0 Å². The van der Waals surface area contributed by atoms with Crippen LogP contribution in [0.1, 0.15) is 30.5 Å². The summed E-state index contributed by atoms with van der Waals surface area (Å²) in [5, 5.41) is 16.1. The molecule has 4 heterocycles. The topological polar surface area (TPSA) is 80.0 Å². The molecule has 0 unspecified atom stereocenters. The fraction of sp³-hybridized carbons (Fsp3) is 0.500. The summed E-state index contributed by atoms with van der Waals surface area (Å²) in [4.78, 5) is 17.7. The number of anilines is 1. The Labute approximate surface area is 144 Å². The zero-order chi connectivity index (χ0) is 16.7. The lowest BCUT2D eigenvalue weighted by atomic mass is 9.90. The monoisotopic (exact) mass is 344 g/mol. The van der Waals surface area contributed by atoms with Gasteiger partial charge in [-0.3, -0.25) is 4.68 Å². The van der Waals surface area contributed by atoms with Gasteiger partial charge in [0.1, 0.15) is 28.9 Å². The highest BCUT2D eigenvalue weighted by Gasteiger charge is 2.38. The predicted octanol–water partition coefficient (Wildman–Crippen LogP) is 1.87. The number of rotatable bonds is 3. The number of thiophene rings is 1. The number of nitrogens with zero attached hydrogens (tertiary/aromatic N) is 6. The molecule has 0 saturated carbocycles. The molecular formula is C16H20N6OS. The summed E-state index contributed by atoms with van der Waals surface area (Å²) in [5.41, 5.74) is -0.920. The molecule has 0 bridgehead atoms. The van der Waals surface area contributed by atoms with Gasteiger partial charge in [-0.05, 0) is 12.5 Å². The van der Waals surface area contributed by atoms with Crippen molar-refractivity contribution in [1.29, 1.82) is 0 Å². The highest BCUT2D eigenvalue weighted by molar-refractivity contribution is 7.18. The van der Waals surface area contributed by atoms with Crippen LogP contribution < -0.4 is 4.90 Å². The minimum atomic E-state index is -0.920.